The average molecular weight is 278 g/mol. The number of carboxylic acid groups (broad SMARTS) is 1. The van der Waals surface area contributed by atoms with Crippen LogP contribution in [-0.4, -0.2) is 34.3 Å². The van der Waals surface area contributed by atoms with Gasteiger partial charge in [0.05, 0.1) is 23.0 Å². The van der Waals surface area contributed by atoms with Crippen molar-refractivity contribution in [2.24, 2.45) is 0 Å². The highest BCUT2D eigenvalue weighted by Gasteiger charge is 2.34. The summed E-state index contributed by atoms with van der Waals surface area (Å²) < 4.78 is 5.94. The Morgan fingerprint density at radius 2 is 2.30 bits per heavy atom. The van der Waals surface area contributed by atoms with E-state index >= 15 is 0 Å². The van der Waals surface area contributed by atoms with E-state index in [-0.39, 0.29) is 17.2 Å². The third-order valence-corrected chi connectivity index (χ3v) is 4.19. The Kier molecular flexibility index (Phi) is 4.60. The van der Waals surface area contributed by atoms with Gasteiger partial charge in [-0.25, -0.2) is 4.79 Å². The zero-order valence-corrected chi connectivity index (χ0v) is 12.1. The van der Waals surface area contributed by atoms with Crippen LogP contribution in [0.5, 0.6) is 0 Å². The number of ether oxygens (including phenoxy) is 1. The van der Waals surface area contributed by atoms with E-state index in [1.807, 2.05) is 0 Å². The predicted molar refractivity (Wildman–Crippen MR) is 77.1 cm³/mol. The number of aromatic carboxylic acids is 1. The Bertz CT molecular complexity index is 472. The van der Waals surface area contributed by atoms with Crippen LogP contribution in [0.15, 0.2) is 18.5 Å². The van der Waals surface area contributed by atoms with E-state index in [2.05, 4.69) is 24.1 Å². The first kappa shape index (κ1) is 14.8. The van der Waals surface area contributed by atoms with Gasteiger partial charge in [-0.15, -0.1) is 0 Å². The van der Waals surface area contributed by atoms with Crippen molar-refractivity contribution in [2.75, 3.05) is 11.9 Å². The van der Waals surface area contributed by atoms with Crippen LogP contribution in [0.3, 0.4) is 0 Å². The molecule has 1 aromatic rings. The maximum absolute atomic E-state index is 11.2. The second-order valence-corrected chi connectivity index (χ2v) is 5.30. The van der Waals surface area contributed by atoms with Gasteiger partial charge in [0, 0.05) is 18.8 Å². The summed E-state index contributed by atoms with van der Waals surface area (Å²) in [6, 6.07) is 1.75. The largest absolute Gasteiger partial charge is 0.478 e. The van der Waals surface area contributed by atoms with Crippen molar-refractivity contribution in [1.29, 1.82) is 0 Å². The predicted octanol–water partition coefficient (Wildman–Crippen LogP) is 2.93. The number of nitrogens with zero attached hydrogens (tertiary/aromatic N) is 1. The van der Waals surface area contributed by atoms with Crippen LogP contribution < -0.4 is 5.32 Å². The van der Waals surface area contributed by atoms with Crippen LogP contribution in [0.4, 0.5) is 5.69 Å². The molecule has 20 heavy (non-hydrogen) atoms. The Hall–Kier alpha value is -1.62. The lowest BCUT2D eigenvalue weighted by atomic mass is 9.86. The Labute approximate surface area is 119 Å². The quantitative estimate of drug-likeness (QED) is 0.866. The highest BCUT2D eigenvalue weighted by molar-refractivity contribution is 5.93. The maximum atomic E-state index is 11.2. The van der Waals surface area contributed by atoms with Gasteiger partial charge >= 0.3 is 5.97 Å². The summed E-state index contributed by atoms with van der Waals surface area (Å²) in [6.45, 7) is 4.99. The molecule has 0 aliphatic carbocycles. The fourth-order valence-corrected chi connectivity index (χ4v) is 2.81. The molecule has 1 unspecified atom stereocenters. The number of nitrogens with one attached hydrogen (secondary N) is 1. The van der Waals surface area contributed by atoms with E-state index in [1.54, 1.807) is 6.20 Å². The second-order valence-electron chi connectivity index (χ2n) is 5.30. The number of hydrogen-bond donors (Lipinski definition) is 2. The fourth-order valence-electron chi connectivity index (χ4n) is 2.81. The third-order valence-electron chi connectivity index (χ3n) is 4.19. The van der Waals surface area contributed by atoms with Gasteiger partial charge in [-0.05, 0) is 31.7 Å². The van der Waals surface area contributed by atoms with E-state index in [4.69, 9.17) is 4.74 Å². The lowest BCUT2D eigenvalue weighted by Gasteiger charge is -2.40. The molecule has 0 amide bonds. The Morgan fingerprint density at radius 3 is 2.95 bits per heavy atom. The summed E-state index contributed by atoms with van der Waals surface area (Å²) in [4.78, 5) is 15.2. The van der Waals surface area contributed by atoms with Gasteiger partial charge < -0.3 is 15.2 Å². The molecule has 0 radical (unpaired) electrons. The number of pyridine rings is 1. The summed E-state index contributed by atoms with van der Waals surface area (Å²) in [5.74, 6) is -0.931. The van der Waals surface area contributed by atoms with Crippen LogP contribution in [0.25, 0.3) is 0 Å². The van der Waals surface area contributed by atoms with Crippen LogP contribution in [-0.2, 0) is 4.74 Å². The second kappa shape index (κ2) is 6.22. The molecule has 2 rings (SSSR count). The normalized spacial score (nSPS) is 21.4. The molecular formula is C15H22N2O3. The lowest BCUT2D eigenvalue weighted by molar-refractivity contribution is -0.0864. The molecule has 1 aliphatic heterocycles. The highest BCUT2D eigenvalue weighted by atomic mass is 16.5. The van der Waals surface area contributed by atoms with Crippen molar-refractivity contribution in [3.8, 4) is 0 Å². The lowest BCUT2D eigenvalue weighted by Crippen LogP contribution is -2.43. The zero-order chi connectivity index (χ0) is 14.6. The van der Waals surface area contributed by atoms with E-state index in [0.29, 0.717) is 12.3 Å². The third kappa shape index (κ3) is 3.10. The summed E-state index contributed by atoms with van der Waals surface area (Å²) >= 11 is 0. The van der Waals surface area contributed by atoms with Crippen molar-refractivity contribution >= 4 is 11.7 Å². The monoisotopic (exact) mass is 278 g/mol. The molecule has 1 aliphatic rings. The summed E-state index contributed by atoms with van der Waals surface area (Å²) in [5.41, 5.74) is 0.778. The molecular weight excluding hydrogens is 256 g/mol. The molecule has 1 saturated heterocycles. The van der Waals surface area contributed by atoms with Crippen LogP contribution in [0, 0.1) is 0 Å². The Balaban J connectivity index is 2.12. The summed E-state index contributed by atoms with van der Waals surface area (Å²) in [5, 5.41) is 12.5. The fraction of sp³-hybridized carbons (Fsp3) is 0.600. The van der Waals surface area contributed by atoms with Crippen LogP contribution in [0.2, 0.25) is 0 Å². The number of rotatable bonds is 5. The molecule has 110 valence electrons. The number of aromatic nitrogens is 1. The molecule has 1 aromatic heterocycles. The van der Waals surface area contributed by atoms with Crippen molar-refractivity contribution in [2.45, 2.75) is 51.2 Å². The standard InChI is InChI=1S/C15H22N2O3/c1-3-15(4-2)9-11(6-8-20-15)17-13-10-16-7-5-12(13)14(18)19/h5,7,10-11,17H,3-4,6,8-9H2,1-2H3,(H,18,19). The molecule has 0 bridgehead atoms. The minimum Gasteiger partial charge on any atom is -0.478 e. The van der Waals surface area contributed by atoms with E-state index < -0.39 is 5.97 Å². The minimum atomic E-state index is -0.931. The van der Waals surface area contributed by atoms with Crippen LogP contribution >= 0.6 is 0 Å². The number of carbonyl (C=O) groups is 1. The molecule has 0 saturated carbocycles. The summed E-state index contributed by atoms with van der Waals surface area (Å²) in [7, 11) is 0. The van der Waals surface area contributed by atoms with Crippen molar-refractivity contribution in [1.82, 2.24) is 4.98 Å². The number of hydrogen-bond acceptors (Lipinski definition) is 4. The van der Waals surface area contributed by atoms with Gasteiger partial charge in [0.15, 0.2) is 0 Å². The smallest absolute Gasteiger partial charge is 0.337 e. The minimum absolute atomic E-state index is 0.0818. The number of anilines is 1. The SMILES string of the molecule is CCC1(CC)CC(Nc2cnccc2C(=O)O)CCO1. The van der Waals surface area contributed by atoms with Gasteiger partial charge in [-0.3, -0.25) is 4.98 Å². The average Bonchev–Trinajstić information content (AvgIpc) is 2.47. The van der Waals surface area contributed by atoms with Gasteiger partial charge in [0.25, 0.3) is 0 Å². The van der Waals surface area contributed by atoms with Gasteiger partial charge in [-0.1, -0.05) is 13.8 Å². The first-order valence-corrected chi connectivity index (χ1v) is 7.18. The number of carboxylic acids is 1. The molecule has 1 atom stereocenters. The van der Waals surface area contributed by atoms with Gasteiger partial charge in [0.2, 0.25) is 0 Å². The van der Waals surface area contributed by atoms with Crippen molar-refractivity contribution in [3.63, 3.8) is 0 Å². The topological polar surface area (TPSA) is 71.5 Å². The highest BCUT2D eigenvalue weighted by Crippen LogP contribution is 2.33. The Morgan fingerprint density at radius 1 is 1.55 bits per heavy atom. The van der Waals surface area contributed by atoms with E-state index in [1.165, 1.54) is 12.3 Å². The van der Waals surface area contributed by atoms with E-state index in [0.717, 1.165) is 25.7 Å². The molecule has 0 aromatic carbocycles. The molecule has 5 heteroatoms. The molecule has 2 N–H and O–H groups in total. The van der Waals surface area contributed by atoms with Crippen LogP contribution in [0.1, 0.15) is 49.9 Å². The zero-order valence-electron chi connectivity index (χ0n) is 12.1. The van der Waals surface area contributed by atoms with Gasteiger partial charge in [-0.2, -0.15) is 0 Å². The molecule has 2 heterocycles. The first-order chi connectivity index (χ1) is 9.60. The molecule has 0 spiro atoms. The van der Waals surface area contributed by atoms with E-state index in [9.17, 15) is 9.90 Å². The molecule has 1 fully saturated rings. The maximum Gasteiger partial charge on any atom is 0.337 e. The van der Waals surface area contributed by atoms with Crippen molar-refractivity contribution in [3.05, 3.63) is 24.0 Å². The first-order valence-electron chi connectivity index (χ1n) is 7.18. The van der Waals surface area contributed by atoms with Crippen molar-refractivity contribution < 1.29 is 14.6 Å². The van der Waals surface area contributed by atoms with Gasteiger partial charge in [0.1, 0.15) is 0 Å². The molecule has 5 nitrogen and oxygen atoms in total. The summed E-state index contributed by atoms with van der Waals surface area (Å²) in [6.07, 6.45) is 6.81.